The number of nitrogens with zero attached hydrogens (tertiary/aromatic N) is 1. The Morgan fingerprint density at radius 3 is 2.31 bits per heavy atom. The maximum absolute atomic E-state index is 12.0. The van der Waals surface area contributed by atoms with Gasteiger partial charge in [0.05, 0.1) is 19.3 Å². The van der Waals surface area contributed by atoms with Crippen molar-refractivity contribution in [2.24, 2.45) is 0 Å². The monoisotopic (exact) mass is 197 g/mol. The summed E-state index contributed by atoms with van der Waals surface area (Å²) in [5.74, 6) is 0. The largest absolute Gasteiger partial charge is 0.395 e. The van der Waals surface area contributed by atoms with Crippen molar-refractivity contribution in [2.45, 2.75) is 25.9 Å². The highest BCUT2D eigenvalue weighted by Crippen LogP contribution is 2.01. The molecule has 0 spiro atoms. The van der Waals surface area contributed by atoms with Crippen LogP contribution in [0.25, 0.3) is 0 Å². The Balaban J connectivity index is 3.78. The van der Waals surface area contributed by atoms with Gasteiger partial charge in [0, 0.05) is 13.1 Å². The predicted molar refractivity (Wildman–Crippen MR) is 45.8 cm³/mol. The number of hydrogen-bond acceptors (Lipinski definition) is 3. The van der Waals surface area contributed by atoms with Gasteiger partial charge in [-0.25, -0.2) is 8.78 Å². The van der Waals surface area contributed by atoms with Crippen LogP contribution in [0, 0.1) is 0 Å². The first-order valence-electron chi connectivity index (χ1n) is 4.39. The minimum atomic E-state index is -2.42. The first kappa shape index (κ1) is 12.7. The first-order valence-corrected chi connectivity index (χ1v) is 4.39. The molecule has 2 N–H and O–H groups in total. The zero-order valence-electron chi connectivity index (χ0n) is 7.79. The number of hydrogen-bond donors (Lipinski definition) is 2. The molecule has 0 aliphatic carbocycles. The van der Waals surface area contributed by atoms with Crippen LogP contribution < -0.4 is 0 Å². The van der Waals surface area contributed by atoms with Crippen LogP contribution in [0.4, 0.5) is 8.78 Å². The van der Waals surface area contributed by atoms with Crippen LogP contribution in [0.1, 0.15) is 13.3 Å². The van der Waals surface area contributed by atoms with E-state index in [1.54, 1.807) is 6.92 Å². The summed E-state index contributed by atoms with van der Waals surface area (Å²) in [5.41, 5.74) is 0. The highest BCUT2D eigenvalue weighted by molar-refractivity contribution is 4.64. The topological polar surface area (TPSA) is 43.7 Å². The molecule has 1 atom stereocenters. The maximum Gasteiger partial charge on any atom is 0.251 e. The van der Waals surface area contributed by atoms with Crippen molar-refractivity contribution >= 4 is 0 Å². The summed E-state index contributed by atoms with van der Waals surface area (Å²) < 4.78 is 23.9. The molecule has 5 heteroatoms. The molecule has 0 aliphatic heterocycles. The Labute approximate surface area is 77.0 Å². The van der Waals surface area contributed by atoms with Crippen LogP contribution in [0.5, 0.6) is 0 Å². The molecular formula is C8H17F2NO2. The van der Waals surface area contributed by atoms with E-state index in [-0.39, 0.29) is 19.7 Å². The zero-order valence-corrected chi connectivity index (χ0v) is 7.79. The molecule has 0 fully saturated rings. The fraction of sp³-hybridized carbons (Fsp3) is 1.00. The molecule has 0 aromatic heterocycles. The van der Waals surface area contributed by atoms with E-state index in [1.807, 2.05) is 0 Å². The third kappa shape index (κ3) is 6.86. The maximum atomic E-state index is 12.0. The van der Waals surface area contributed by atoms with Gasteiger partial charge in [-0.3, -0.25) is 4.90 Å². The van der Waals surface area contributed by atoms with Crippen molar-refractivity contribution in [1.82, 2.24) is 4.90 Å². The van der Waals surface area contributed by atoms with E-state index >= 15 is 0 Å². The van der Waals surface area contributed by atoms with Gasteiger partial charge in [0.15, 0.2) is 0 Å². The molecule has 0 aromatic rings. The normalized spacial score (nSPS) is 14.1. The average molecular weight is 197 g/mol. The Bertz CT molecular complexity index is 125. The van der Waals surface area contributed by atoms with E-state index in [0.29, 0.717) is 6.42 Å². The molecule has 0 amide bonds. The molecule has 0 bridgehead atoms. The number of aliphatic hydroxyl groups excluding tert-OH is 2. The van der Waals surface area contributed by atoms with Gasteiger partial charge in [-0.05, 0) is 6.42 Å². The highest BCUT2D eigenvalue weighted by atomic mass is 19.3. The smallest absolute Gasteiger partial charge is 0.251 e. The van der Waals surface area contributed by atoms with Gasteiger partial charge in [-0.1, -0.05) is 6.92 Å². The lowest BCUT2D eigenvalue weighted by molar-refractivity contribution is 0.0454. The third-order valence-corrected chi connectivity index (χ3v) is 1.75. The zero-order chi connectivity index (χ0) is 10.3. The van der Waals surface area contributed by atoms with Gasteiger partial charge in [-0.15, -0.1) is 0 Å². The van der Waals surface area contributed by atoms with Gasteiger partial charge in [-0.2, -0.15) is 0 Å². The van der Waals surface area contributed by atoms with Gasteiger partial charge in [0.2, 0.25) is 0 Å². The van der Waals surface area contributed by atoms with E-state index in [4.69, 9.17) is 5.11 Å². The van der Waals surface area contributed by atoms with E-state index in [9.17, 15) is 13.9 Å². The lowest BCUT2D eigenvalue weighted by Crippen LogP contribution is -2.37. The summed E-state index contributed by atoms with van der Waals surface area (Å²) in [6.07, 6.45) is -2.48. The molecule has 0 radical (unpaired) electrons. The van der Waals surface area contributed by atoms with Crippen molar-refractivity contribution in [3.8, 4) is 0 Å². The second-order valence-electron chi connectivity index (χ2n) is 2.94. The first-order chi connectivity index (χ1) is 6.10. The Kier molecular flexibility index (Phi) is 7.03. The number of rotatable bonds is 7. The molecule has 0 aromatic carbocycles. The fourth-order valence-corrected chi connectivity index (χ4v) is 1.02. The second-order valence-corrected chi connectivity index (χ2v) is 2.94. The summed E-state index contributed by atoms with van der Waals surface area (Å²) in [6, 6.07) is 0. The van der Waals surface area contributed by atoms with Crippen LogP contribution in [-0.2, 0) is 0 Å². The average Bonchev–Trinajstić information content (AvgIpc) is 2.03. The van der Waals surface area contributed by atoms with Crippen molar-refractivity contribution in [3.63, 3.8) is 0 Å². The molecular weight excluding hydrogens is 180 g/mol. The molecule has 13 heavy (non-hydrogen) atoms. The summed E-state index contributed by atoms with van der Waals surface area (Å²) in [4.78, 5) is 1.36. The number of aliphatic hydroxyl groups is 2. The molecule has 0 saturated heterocycles. The van der Waals surface area contributed by atoms with Crippen molar-refractivity contribution in [3.05, 3.63) is 0 Å². The number of alkyl halides is 2. The molecule has 1 unspecified atom stereocenters. The summed E-state index contributed by atoms with van der Waals surface area (Å²) in [5, 5.41) is 17.8. The van der Waals surface area contributed by atoms with Gasteiger partial charge in [0.1, 0.15) is 0 Å². The van der Waals surface area contributed by atoms with Crippen molar-refractivity contribution < 1.29 is 19.0 Å². The van der Waals surface area contributed by atoms with Crippen molar-refractivity contribution in [1.29, 1.82) is 0 Å². The lowest BCUT2D eigenvalue weighted by atomic mass is 10.2. The molecule has 0 saturated carbocycles. The number of halogens is 2. The lowest BCUT2D eigenvalue weighted by Gasteiger charge is -2.23. The van der Waals surface area contributed by atoms with Gasteiger partial charge < -0.3 is 10.2 Å². The highest BCUT2D eigenvalue weighted by Gasteiger charge is 2.14. The summed E-state index contributed by atoms with van der Waals surface area (Å²) in [6.45, 7) is 1.60. The standard InChI is InChI=1S/C8H17F2NO2/c1-2-7(13)5-11(3-4-12)6-8(9)10/h7-8,12-13H,2-6H2,1H3. The molecule has 3 nitrogen and oxygen atoms in total. The van der Waals surface area contributed by atoms with Crippen LogP contribution in [0.15, 0.2) is 0 Å². The predicted octanol–water partition coefficient (Wildman–Crippen LogP) is 0.317. The Morgan fingerprint density at radius 2 is 1.92 bits per heavy atom. The fourth-order valence-electron chi connectivity index (χ4n) is 1.02. The Morgan fingerprint density at radius 1 is 1.31 bits per heavy atom. The van der Waals surface area contributed by atoms with Crippen LogP contribution in [0.3, 0.4) is 0 Å². The third-order valence-electron chi connectivity index (χ3n) is 1.75. The molecule has 80 valence electrons. The van der Waals surface area contributed by atoms with Crippen LogP contribution in [-0.4, -0.2) is 53.9 Å². The molecule has 0 aliphatic rings. The second kappa shape index (κ2) is 7.17. The molecule has 0 heterocycles. The summed E-state index contributed by atoms with van der Waals surface area (Å²) in [7, 11) is 0. The quantitative estimate of drug-likeness (QED) is 0.617. The Hall–Kier alpha value is -0.260. The van der Waals surface area contributed by atoms with E-state index in [1.165, 1.54) is 4.90 Å². The van der Waals surface area contributed by atoms with Gasteiger partial charge in [0.25, 0.3) is 6.43 Å². The minimum Gasteiger partial charge on any atom is -0.395 e. The van der Waals surface area contributed by atoms with Crippen molar-refractivity contribution in [2.75, 3.05) is 26.2 Å². The van der Waals surface area contributed by atoms with Crippen LogP contribution >= 0.6 is 0 Å². The molecule has 0 rings (SSSR count). The van der Waals surface area contributed by atoms with E-state index < -0.39 is 19.1 Å². The van der Waals surface area contributed by atoms with E-state index in [0.717, 1.165) is 0 Å². The minimum absolute atomic E-state index is 0.164. The summed E-state index contributed by atoms with van der Waals surface area (Å²) >= 11 is 0. The SMILES string of the molecule is CCC(O)CN(CCO)CC(F)F. The van der Waals surface area contributed by atoms with E-state index in [2.05, 4.69) is 0 Å². The van der Waals surface area contributed by atoms with Gasteiger partial charge >= 0.3 is 0 Å². The van der Waals surface area contributed by atoms with Crippen LogP contribution in [0.2, 0.25) is 0 Å².